The molecule has 292 valence electrons. The van der Waals surface area contributed by atoms with E-state index in [9.17, 15) is 24.4 Å². The summed E-state index contributed by atoms with van der Waals surface area (Å²) in [6, 6.07) is 18.7. The lowest BCUT2D eigenvalue weighted by atomic mass is 9.43. The van der Waals surface area contributed by atoms with Crippen molar-refractivity contribution in [2.45, 2.75) is 123 Å². The Morgan fingerprint density at radius 2 is 1.47 bits per heavy atom. The molecule has 4 aliphatic rings. The molecule has 4 fully saturated rings. The van der Waals surface area contributed by atoms with Crippen molar-refractivity contribution in [3.8, 4) is 0 Å². The number of aliphatic hydroxyl groups is 2. The maximum atomic E-state index is 13.6. The highest BCUT2D eigenvalue weighted by molar-refractivity contribution is 7.53. The molecule has 1 amide bonds. The van der Waals surface area contributed by atoms with Gasteiger partial charge in [-0.05, 0) is 122 Å². The summed E-state index contributed by atoms with van der Waals surface area (Å²) in [5.74, 6) is 2.22. The van der Waals surface area contributed by atoms with Crippen LogP contribution in [0.5, 0.6) is 0 Å². The number of hydrogen-bond donors (Lipinski definition) is 3. The maximum Gasteiger partial charge on any atom is 0.368 e. The summed E-state index contributed by atoms with van der Waals surface area (Å²) < 4.78 is 30.3. The lowest BCUT2D eigenvalue weighted by Crippen LogP contribution is -2.58. The van der Waals surface area contributed by atoms with E-state index < -0.39 is 19.9 Å². The van der Waals surface area contributed by atoms with E-state index in [0.29, 0.717) is 48.5 Å². The van der Waals surface area contributed by atoms with E-state index in [0.717, 1.165) is 43.2 Å². The van der Waals surface area contributed by atoms with Crippen molar-refractivity contribution in [2.24, 2.45) is 46.3 Å². The average molecular weight is 752 g/mol. The summed E-state index contributed by atoms with van der Waals surface area (Å²) in [5.41, 5.74) is 2.08. The fraction of sp³-hybridized carbons (Fsp3) is 0.674. The van der Waals surface area contributed by atoms with Gasteiger partial charge in [0, 0.05) is 19.4 Å². The van der Waals surface area contributed by atoms with E-state index in [-0.39, 0.29) is 55.0 Å². The summed E-state index contributed by atoms with van der Waals surface area (Å²) in [5, 5.41) is 25.0. The summed E-state index contributed by atoms with van der Waals surface area (Å²) in [4.78, 5) is 25.4. The summed E-state index contributed by atoms with van der Waals surface area (Å²) in [7, 11) is -3.77. The predicted octanol–water partition coefficient (Wildman–Crippen LogP) is 8.42. The molecule has 3 N–H and O–H groups in total. The number of fused-ring (bicyclic) bond motifs is 5. The van der Waals surface area contributed by atoms with E-state index in [1.807, 2.05) is 60.7 Å². The minimum Gasteiger partial charge on any atom is -0.453 e. The Morgan fingerprint density at radius 1 is 0.849 bits per heavy atom. The number of amides is 1. The third-order valence-electron chi connectivity index (χ3n) is 14.0. The standard InChI is InChI=1S/C43H62NO8P/c1-30(35-17-18-36-41-37(20-23-43(35,36)3)42(2)22-19-34(45)25-33(42)26-38(41)46)21-24-44-39(47)15-10-16-40(48)50-29-53(49,51-27-31-11-6-4-7-12-31)52-28-32-13-8-5-9-14-32/h4-9,11-14,30,33-38,41,45-46H,10,15-29H2,1-3H3,(H,44,47)/t30-,33?,34-,35-,36?,37?,38+,41?,42+,43-/m1/s1. The number of aliphatic hydroxyl groups excluding tert-OH is 2. The van der Waals surface area contributed by atoms with Crippen LogP contribution in [0.25, 0.3) is 0 Å². The molecular weight excluding hydrogens is 689 g/mol. The zero-order valence-corrected chi connectivity index (χ0v) is 32.9. The second-order valence-electron chi connectivity index (χ2n) is 17.2. The largest absolute Gasteiger partial charge is 0.453 e. The van der Waals surface area contributed by atoms with Crippen LogP contribution >= 0.6 is 7.60 Å². The van der Waals surface area contributed by atoms with Crippen molar-refractivity contribution >= 4 is 19.5 Å². The molecule has 2 aromatic rings. The lowest BCUT2D eigenvalue weighted by molar-refractivity contribution is -0.174. The van der Waals surface area contributed by atoms with Crippen LogP contribution in [-0.2, 0) is 41.2 Å². The highest BCUT2D eigenvalue weighted by atomic mass is 31.2. The molecule has 0 heterocycles. The van der Waals surface area contributed by atoms with Gasteiger partial charge in [0.2, 0.25) is 5.91 Å². The van der Waals surface area contributed by atoms with Crippen LogP contribution in [0.4, 0.5) is 0 Å². The van der Waals surface area contributed by atoms with Crippen LogP contribution in [-0.4, -0.2) is 47.2 Å². The van der Waals surface area contributed by atoms with Crippen molar-refractivity contribution in [2.75, 3.05) is 12.9 Å². The maximum absolute atomic E-state index is 13.6. The molecule has 9 nitrogen and oxygen atoms in total. The van der Waals surface area contributed by atoms with E-state index >= 15 is 0 Å². The van der Waals surface area contributed by atoms with Gasteiger partial charge in [-0.25, -0.2) is 0 Å². The first-order valence-electron chi connectivity index (χ1n) is 20.1. The SMILES string of the molecule is C[C@H](CCNC(=O)CCCC(=O)OCP(=O)(OCc1ccccc1)OCc1ccccc1)[C@H]1CCC2C3C(CC[C@@]21C)[C@@]1(C)CC[C@@H](O)CC1C[C@@H]3O. The summed E-state index contributed by atoms with van der Waals surface area (Å²) in [6.45, 7) is 7.98. The molecule has 0 aliphatic heterocycles. The Bertz CT molecular complexity index is 1510. The van der Waals surface area contributed by atoms with Gasteiger partial charge in [0.15, 0.2) is 6.35 Å². The number of carbonyl (C=O) groups excluding carboxylic acids is 2. The number of nitrogens with one attached hydrogen (secondary N) is 1. The molecule has 10 heteroatoms. The highest BCUT2D eigenvalue weighted by Crippen LogP contribution is 2.68. The molecule has 2 aromatic carbocycles. The van der Waals surface area contributed by atoms with E-state index in [2.05, 4.69) is 26.1 Å². The van der Waals surface area contributed by atoms with Gasteiger partial charge in [-0.2, -0.15) is 0 Å². The van der Waals surface area contributed by atoms with Crippen molar-refractivity contribution < 1.29 is 38.2 Å². The zero-order valence-electron chi connectivity index (χ0n) is 32.0. The van der Waals surface area contributed by atoms with Gasteiger partial charge < -0.3 is 29.3 Å². The number of benzene rings is 2. The monoisotopic (exact) mass is 751 g/mol. The predicted molar refractivity (Wildman–Crippen MR) is 204 cm³/mol. The number of hydrogen-bond acceptors (Lipinski definition) is 8. The molecule has 0 spiro atoms. The minimum absolute atomic E-state index is 0.0252. The van der Waals surface area contributed by atoms with Crippen LogP contribution in [0.3, 0.4) is 0 Å². The Hall–Kier alpha value is -2.55. The topological polar surface area (TPSA) is 131 Å². The smallest absolute Gasteiger partial charge is 0.368 e. The van der Waals surface area contributed by atoms with E-state index in [1.165, 1.54) is 25.7 Å². The van der Waals surface area contributed by atoms with Gasteiger partial charge in [0.1, 0.15) is 0 Å². The van der Waals surface area contributed by atoms with Crippen LogP contribution in [0.15, 0.2) is 60.7 Å². The van der Waals surface area contributed by atoms with Crippen molar-refractivity contribution in [3.63, 3.8) is 0 Å². The lowest BCUT2D eigenvalue weighted by Gasteiger charge is -2.62. The number of carbonyl (C=O) groups is 2. The molecule has 0 radical (unpaired) electrons. The molecule has 10 atom stereocenters. The van der Waals surface area contributed by atoms with E-state index in [1.54, 1.807) is 0 Å². The molecule has 4 unspecified atom stereocenters. The normalized spacial score (nSPS) is 32.9. The molecule has 53 heavy (non-hydrogen) atoms. The third-order valence-corrected chi connectivity index (χ3v) is 15.5. The quantitative estimate of drug-likeness (QED) is 0.115. The highest BCUT2D eigenvalue weighted by Gasteiger charge is 2.62. The van der Waals surface area contributed by atoms with Gasteiger partial charge in [0.05, 0.1) is 25.4 Å². The first-order valence-corrected chi connectivity index (χ1v) is 21.9. The molecular formula is C43H62NO8P. The molecule has 0 saturated heterocycles. The Kier molecular flexibility index (Phi) is 13.2. The summed E-state index contributed by atoms with van der Waals surface area (Å²) in [6.07, 6.45) is 8.82. The van der Waals surface area contributed by atoms with Crippen molar-refractivity contribution in [3.05, 3.63) is 71.8 Å². The second-order valence-corrected chi connectivity index (χ2v) is 19.2. The van der Waals surface area contributed by atoms with Gasteiger partial charge in [-0.3, -0.25) is 14.2 Å². The second kappa shape index (κ2) is 17.5. The van der Waals surface area contributed by atoms with Crippen LogP contribution in [0.2, 0.25) is 0 Å². The van der Waals surface area contributed by atoms with Crippen molar-refractivity contribution in [1.29, 1.82) is 0 Å². The zero-order chi connectivity index (χ0) is 37.6. The minimum atomic E-state index is -3.77. The van der Waals surface area contributed by atoms with E-state index in [4.69, 9.17) is 13.8 Å². The molecule has 0 aromatic heterocycles. The Labute approximate surface area is 316 Å². The first kappa shape index (κ1) is 40.1. The fourth-order valence-electron chi connectivity index (χ4n) is 11.1. The fourth-order valence-corrected chi connectivity index (χ4v) is 12.3. The Morgan fingerprint density at radius 3 is 2.13 bits per heavy atom. The molecule has 0 bridgehead atoms. The van der Waals surface area contributed by atoms with Crippen LogP contribution in [0.1, 0.15) is 109 Å². The van der Waals surface area contributed by atoms with Crippen molar-refractivity contribution in [1.82, 2.24) is 5.32 Å². The van der Waals surface area contributed by atoms with Crippen LogP contribution < -0.4 is 5.32 Å². The number of ether oxygens (including phenoxy) is 1. The molecule has 4 aliphatic carbocycles. The number of esters is 1. The van der Waals surface area contributed by atoms with Gasteiger partial charge in [0.25, 0.3) is 0 Å². The van der Waals surface area contributed by atoms with Gasteiger partial charge in [-0.15, -0.1) is 0 Å². The number of rotatable bonds is 16. The van der Waals surface area contributed by atoms with Gasteiger partial charge >= 0.3 is 13.6 Å². The summed E-state index contributed by atoms with van der Waals surface area (Å²) >= 11 is 0. The first-order chi connectivity index (χ1) is 25.4. The molecule has 4 saturated carbocycles. The third kappa shape index (κ3) is 9.47. The van der Waals surface area contributed by atoms with Gasteiger partial charge in [-0.1, -0.05) is 81.4 Å². The van der Waals surface area contributed by atoms with Crippen LogP contribution in [0, 0.1) is 46.3 Å². The Balaban J connectivity index is 0.915. The molecule has 6 rings (SSSR count). The average Bonchev–Trinajstić information content (AvgIpc) is 3.51.